The molecule has 0 aromatic heterocycles. The number of thiocarbonyl (C=S) groups is 1. The molecule has 0 aliphatic heterocycles. The molecular formula is C23H22N4O2S. The summed E-state index contributed by atoms with van der Waals surface area (Å²) in [5.41, 5.74) is 6.78. The quantitative estimate of drug-likeness (QED) is 0.256. The van der Waals surface area contributed by atoms with Gasteiger partial charge in [-0.15, -0.1) is 0 Å². The number of nitro groups is 1. The number of hydrogen-bond donors (Lipinski definition) is 1. The minimum atomic E-state index is -0.422. The Kier molecular flexibility index (Phi) is 7.24. The molecule has 0 saturated heterocycles. The number of non-ortho nitro benzene ring substituents is 1. The lowest BCUT2D eigenvalue weighted by molar-refractivity contribution is -0.384. The van der Waals surface area contributed by atoms with Gasteiger partial charge in [0.2, 0.25) is 0 Å². The fraction of sp³-hybridized carbons (Fsp3) is 0.130. The summed E-state index contributed by atoms with van der Waals surface area (Å²) in [5, 5.41) is 15.7. The van der Waals surface area contributed by atoms with Crippen LogP contribution in [0.1, 0.15) is 23.6 Å². The molecule has 0 spiro atoms. The highest BCUT2D eigenvalue weighted by Crippen LogP contribution is 2.13. The Morgan fingerprint density at radius 3 is 1.90 bits per heavy atom. The highest BCUT2D eigenvalue weighted by molar-refractivity contribution is 7.80. The van der Waals surface area contributed by atoms with Crippen molar-refractivity contribution in [3.63, 3.8) is 0 Å². The third-order valence-corrected chi connectivity index (χ3v) is 4.88. The first-order valence-electron chi connectivity index (χ1n) is 9.45. The van der Waals surface area contributed by atoms with Crippen LogP contribution < -0.4 is 5.43 Å². The Morgan fingerprint density at radius 2 is 1.43 bits per heavy atom. The van der Waals surface area contributed by atoms with E-state index in [0.29, 0.717) is 23.9 Å². The van der Waals surface area contributed by atoms with Crippen LogP contribution in [0.4, 0.5) is 5.69 Å². The first-order valence-corrected chi connectivity index (χ1v) is 9.85. The van der Waals surface area contributed by atoms with Gasteiger partial charge in [-0.3, -0.25) is 15.5 Å². The Morgan fingerprint density at radius 1 is 0.933 bits per heavy atom. The molecule has 152 valence electrons. The van der Waals surface area contributed by atoms with E-state index >= 15 is 0 Å². The molecule has 0 fully saturated rings. The molecule has 3 rings (SSSR count). The summed E-state index contributed by atoms with van der Waals surface area (Å²) >= 11 is 5.62. The summed E-state index contributed by atoms with van der Waals surface area (Å²) in [6, 6.07) is 26.5. The summed E-state index contributed by atoms with van der Waals surface area (Å²) in [6.45, 7) is 3.12. The van der Waals surface area contributed by atoms with Gasteiger partial charge < -0.3 is 4.90 Å². The van der Waals surface area contributed by atoms with Crippen LogP contribution in [-0.4, -0.2) is 20.6 Å². The van der Waals surface area contributed by atoms with Gasteiger partial charge in [-0.2, -0.15) is 5.10 Å². The number of hydrazone groups is 1. The van der Waals surface area contributed by atoms with Crippen molar-refractivity contribution in [3.8, 4) is 0 Å². The Balaban J connectivity index is 1.73. The van der Waals surface area contributed by atoms with E-state index in [-0.39, 0.29) is 5.69 Å². The van der Waals surface area contributed by atoms with Crippen molar-refractivity contribution in [2.75, 3.05) is 0 Å². The predicted octanol–water partition coefficient (Wildman–Crippen LogP) is 4.90. The summed E-state index contributed by atoms with van der Waals surface area (Å²) in [7, 11) is 0. The molecule has 0 heterocycles. The van der Waals surface area contributed by atoms with Gasteiger partial charge in [0.25, 0.3) is 5.69 Å². The van der Waals surface area contributed by atoms with Gasteiger partial charge in [-0.05, 0) is 48.0 Å². The van der Waals surface area contributed by atoms with E-state index in [1.54, 1.807) is 12.1 Å². The predicted molar refractivity (Wildman–Crippen MR) is 123 cm³/mol. The molecule has 0 bridgehead atoms. The average Bonchev–Trinajstić information content (AvgIpc) is 2.78. The second kappa shape index (κ2) is 10.3. The molecule has 0 unspecified atom stereocenters. The maximum atomic E-state index is 10.8. The normalized spacial score (nSPS) is 11.0. The van der Waals surface area contributed by atoms with Gasteiger partial charge in [-0.1, -0.05) is 60.7 Å². The first kappa shape index (κ1) is 21.1. The third kappa shape index (κ3) is 5.96. The van der Waals surface area contributed by atoms with Crippen LogP contribution in [0.3, 0.4) is 0 Å². The van der Waals surface area contributed by atoms with Crippen LogP contribution >= 0.6 is 12.2 Å². The molecule has 0 atom stereocenters. The van der Waals surface area contributed by atoms with E-state index in [1.165, 1.54) is 12.1 Å². The summed E-state index contributed by atoms with van der Waals surface area (Å²) in [6.07, 6.45) is 0. The van der Waals surface area contributed by atoms with Crippen molar-refractivity contribution in [1.29, 1.82) is 0 Å². The molecule has 1 N–H and O–H groups in total. The van der Waals surface area contributed by atoms with Crippen LogP contribution in [0, 0.1) is 10.1 Å². The van der Waals surface area contributed by atoms with Crippen LogP contribution in [0.25, 0.3) is 0 Å². The van der Waals surface area contributed by atoms with E-state index in [1.807, 2.05) is 48.2 Å². The summed E-state index contributed by atoms with van der Waals surface area (Å²) in [5.74, 6) is 0. The molecule has 0 saturated carbocycles. The van der Waals surface area contributed by atoms with Crippen molar-refractivity contribution in [2.24, 2.45) is 5.10 Å². The van der Waals surface area contributed by atoms with Crippen molar-refractivity contribution in [1.82, 2.24) is 10.3 Å². The monoisotopic (exact) mass is 418 g/mol. The smallest absolute Gasteiger partial charge is 0.269 e. The lowest BCUT2D eigenvalue weighted by Crippen LogP contribution is -2.36. The maximum Gasteiger partial charge on any atom is 0.269 e. The lowest BCUT2D eigenvalue weighted by Gasteiger charge is -2.25. The topological polar surface area (TPSA) is 70.8 Å². The van der Waals surface area contributed by atoms with Gasteiger partial charge in [0.15, 0.2) is 5.11 Å². The van der Waals surface area contributed by atoms with E-state index < -0.39 is 4.92 Å². The number of nitrogens with one attached hydrogen (secondary N) is 1. The maximum absolute atomic E-state index is 10.8. The van der Waals surface area contributed by atoms with Crippen LogP contribution in [0.5, 0.6) is 0 Å². The molecule has 0 radical (unpaired) electrons. The van der Waals surface area contributed by atoms with Crippen LogP contribution in [-0.2, 0) is 13.1 Å². The minimum absolute atomic E-state index is 0.0481. The van der Waals surface area contributed by atoms with E-state index in [2.05, 4.69) is 34.8 Å². The second-order valence-corrected chi connectivity index (χ2v) is 7.13. The van der Waals surface area contributed by atoms with Crippen molar-refractivity contribution >= 4 is 28.7 Å². The van der Waals surface area contributed by atoms with E-state index in [9.17, 15) is 10.1 Å². The molecule has 3 aromatic rings. The summed E-state index contributed by atoms with van der Waals surface area (Å²) < 4.78 is 0. The summed E-state index contributed by atoms with van der Waals surface area (Å²) in [4.78, 5) is 12.4. The Labute approximate surface area is 181 Å². The first-order chi connectivity index (χ1) is 14.5. The van der Waals surface area contributed by atoms with E-state index in [4.69, 9.17) is 12.2 Å². The van der Waals surface area contributed by atoms with Crippen LogP contribution in [0.15, 0.2) is 90.0 Å². The molecule has 0 aliphatic carbocycles. The fourth-order valence-corrected chi connectivity index (χ4v) is 3.07. The molecule has 30 heavy (non-hydrogen) atoms. The average molecular weight is 419 g/mol. The lowest BCUT2D eigenvalue weighted by atomic mass is 10.1. The zero-order valence-electron chi connectivity index (χ0n) is 16.6. The van der Waals surface area contributed by atoms with Gasteiger partial charge >= 0.3 is 0 Å². The number of rotatable bonds is 7. The van der Waals surface area contributed by atoms with Crippen LogP contribution in [0.2, 0.25) is 0 Å². The number of hydrogen-bond acceptors (Lipinski definition) is 4. The minimum Gasteiger partial charge on any atom is -0.339 e. The molecule has 3 aromatic carbocycles. The zero-order chi connectivity index (χ0) is 21.3. The van der Waals surface area contributed by atoms with E-state index in [0.717, 1.165) is 16.7 Å². The molecule has 7 heteroatoms. The third-order valence-electron chi connectivity index (χ3n) is 4.53. The fourth-order valence-electron chi connectivity index (χ4n) is 2.90. The highest BCUT2D eigenvalue weighted by atomic mass is 32.1. The van der Waals surface area contributed by atoms with Gasteiger partial charge in [0, 0.05) is 25.2 Å². The van der Waals surface area contributed by atoms with Gasteiger partial charge in [0.1, 0.15) is 0 Å². The Bertz CT molecular complexity index is 981. The molecule has 6 nitrogen and oxygen atoms in total. The standard InChI is InChI=1S/C23H22N4O2S/c1-18(21-12-14-22(15-13-21)27(28)29)24-25-23(30)26(16-19-8-4-2-5-9-19)17-20-10-6-3-7-11-20/h2-15H,16-17H2,1H3,(H,25,30)/b24-18-. The van der Waals surface area contributed by atoms with Crippen molar-refractivity contribution in [2.45, 2.75) is 20.0 Å². The largest absolute Gasteiger partial charge is 0.339 e. The molecular weight excluding hydrogens is 396 g/mol. The van der Waals surface area contributed by atoms with Gasteiger partial charge in [-0.25, -0.2) is 0 Å². The number of nitrogens with zero attached hydrogens (tertiary/aromatic N) is 3. The Hall–Kier alpha value is -3.58. The SMILES string of the molecule is C/C(=N/NC(=S)N(Cc1ccccc1)Cc1ccccc1)c1ccc([N+](=O)[O-])cc1. The molecule has 0 aliphatic rings. The van der Waals surface area contributed by atoms with Crippen molar-refractivity contribution in [3.05, 3.63) is 112 Å². The molecule has 0 amide bonds. The number of nitro benzene ring substituents is 1. The second-order valence-electron chi connectivity index (χ2n) is 6.75. The van der Waals surface area contributed by atoms with Gasteiger partial charge in [0.05, 0.1) is 10.6 Å². The number of benzene rings is 3. The highest BCUT2D eigenvalue weighted by Gasteiger charge is 2.12. The zero-order valence-corrected chi connectivity index (χ0v) is 17.4. The van der Waals surface area contributed by atoms with Crippen molar-refractivity contribution < 1.29 is 4.92 Å².